The van der Waals surface area contributed by atoms with Crippen LogP contribution >= 0.6 is 15.9 Å². The number of amides is 1. The first-order valence-electron chi connectivity index (χ1n) is 9.72. The number of carbonyl (C=O) groups excluding carboxylic acids is 1. The third kappa shape index (κ3) is 5.05. The minimum absolute atomic E-state index is 0.0307. The smallest absolute Gasteiger partial charge is 0.280 e. The summed E-state index contributed by atoms with van der Waals surface area (Å²) in [5.74, 6) is -0.508. The number of nitrogens with zero attached hydrogens (tertiary/aromatic N) is 5. The highest BCUT2D eigenvalue weighted by atomic mass is 79.9. The molecule has 12 heteroatoms. The van der Waals surface area contributed by atoms with Gasteiger partial charge in [0.25, 0.3) is 12.9 Å². The van der Waals surface area contributed by atoms with Crippen LogP contribution in [0, 0.1) is 6.92 Å². The van der Waals surface area contributed by atoms with E-state index in [4.69, 9.17) is 0 Å². The fraction of sp³-hybridized carbons (Fsp3) is 0.238. The number of hydrogen-bond acceptors (Lipinski definition) is 4. The molecule has 0 bridgehead atoms. The molecule has 0 atom stereocenters. The maximum atomic E-state index is 13.5. The van der Waals surface area contributed by atoms with Gasteiger partial charge in [0.15, 0.2) is 5.65 Å². The summed E-state index contributed by atoms with van der Waals surface area (Å²) in [6.07, 6.45) is -2.51. The number of alkyl halides is 4. The van der Waals surface area contributed by atoms with Crippen molar-refractivity contribution in [3.05, 3.63) is 69.7 Å². The second-order valence-electron chi connectivity index (χ2n) is 7.28. The lowest BCUT2D eigenvalue weighted by molar-refractivity contribution is -0.116. The van der Waals surface area contributed by atoms with Crippen molar-refractivity contribution in [2.75, 3.05) is 5.32 Å². The Morgan fingerprint density at radius 3 is 2.48 bits per heavy atom. The van der Waals surface area contributed by atoms with Crippen molar-refractivity contribution in [3.8, 4) is 0 Å². The SMILES string of the molecule is Cc1nn(CC(=O)Nc2ccc(Cn3cc(Br)cn3)cc2)c2nc(C(F)F)cc(C(F)F)c12. The molecule has 4 rings (SSSR count). The number of nitrogens with one attached hydrogen (secondary N) is 1. The first-order valence-corrected chi connectivity index (χ1v) is 10.5. The molecule has 0 unspecified atom stereocenters. The van der Waals surface area contributed by atoms with Gasteiger partial charge >= 0.3 is 0 Å². The van der Waals surface area contributed by atoms with Crippen molar-refractivity contribution < 1.29 is 22.4 Å². The van der Waals surface area contributed by atoms with Gasteiger partial charge in [-0.15, -0.1) is 0 Å². The van der Waals surface area contributed by atoms with E-state index >= 15 is 0 Å². The summed E-state index contributed by atoms with van der Waals surface area (Å²) >= 11 is 3.33. The van der Waals surface area contributed by atoms with Crippen LogP contribution in [0.4, 0.5) is 23.2 Å². The zero-order chi connectivity index (χ0) is 23.7. The highest BCUT2D eigenvalue weighted by Crippen LogP contribution is 2.32. The molecule has 1 amide bonds. The summed E-state index contributed by atoms with van der Waals surface area (Å²) in [5, 5.41) is 10.9. The Morgan fingerprint density at radius 1 is 1.15 bits per heavy atom. The van der Waals surface area contributed by atoms with Crippen molar-refractivity contribution >= 4 is 38.6 Å². The molecule has 0 saturated heterocycles. The molecule has 172 valence electrons. The third-order valence-electron chi connectivity index (χ3n) is 4.86. The minimum Gasteiger partial charge on any atom is -0.324 e. The number of hydrogen-bond donors (Lipinski definition) is 1. The second-order valence-corrected chi connectivity index (χ2v) is 8.20. The van der Waals surface area contributed by atoms with Crippen molar-refractivity contribution in [1.82, 2.24) is 24.5 Å². The number of halogens is 5. The molecule has 33 heavy (non-hydrogen) atoms. The average Bonchev–Trinajstić information content (AvgIpc) is 3.31. The van der Waals surface area contributed by atoms with Gasteiger partial charge in [-0.3, -0.25) is 9.48 Å². The van der Waals surface area contributed by atoms with Crippen molar-refractivity contribution in [2.45, 2.75) is 32.9 Å². The van der Waals surface area contributed by atoms with E-state index in [1.807, 2.05) is 18.3 Å². The van der Waals surface area contributed by atoms with Gasteiger partial charge in [0.05, 0.1) is 28.3 Å². The number of aromatic nitrogens is 5. The van der Waals surface area contributed by atoms with Gasteiger partial charge in [0.2, 0.25) is 5.91 Å². The molecule has 3 aromatic heterocycles. The Hall–Kier alpha value is -3.28. The molecule has 4 aromatic rings. The van der Waals surface area contributed by atoms with E-state index in [1.165, 1.54) is 6.92 Å². The zero-order valence-corrected chi connectivity index (χ0v) is 18.7. The molecular weight excluding hydrogens is 508 g/mol. The highest BCUT2D eigenvalue weighted by Gasteiger charge is 2.24. The van der Waals surface area contributed by atoms with E-state index in [2.05, 4.69) is 36.4 Å². The average molecular weight is 525 g/mol. The van der Waals surface area contributed by atoms with E-state index in [0.717, 1.165) is 14.7 Å². The van der Waals surface area contributed by atoms with Gasteiger partial charge in [0, 0.05) is 17.4 Å². The van der Waals surface area contributed by atoms with E-state index < -0.39 is 30.0 Å². The molecule has 0 aliphatic heterocycles. The molecular formula is C21H17BrF4N6O. The first kappa shape index (κ1) is 22.9. The van der Waals surface area contributed by atoms with Crippen LogP contribution in [0.15, 0.2) is 47.2 Å². The molecule has 1 N–H and O–H groups in total. The molecule has 0 saturated carbocycles. The molecule has 0 aliphatic rings. The number of rotatable bonds is 7. The number of fused-ring (bicyclic) bond motifs is 1. The predicted molar refractivity (Wildman–Crippen MR) is 116 cm³/mol. The van der Waals surface area contributed by atoms with Crippen LogP contribution in [-0.4, -0.2) is 30.5 Å². The monoisotopic (exact) mass is 524 g/mol. The van der Waals surface area contributed by atoms with Crippen LogP contribution in [-0.2, 0) is 17.9 Å². The molecule has 3 heterocycles. The van der Waals surface area contributed by atoms with Crippen molar-refractivity contribution in [2.24, 2.45) is 0 Å². The maximum absolute atomic E-state index is 13.5. The zero-order valence-electron chi connectivity index (χ0n) is 17.1. The topological polar surface area (TPSA) is 77.6 Å². The Bertz CT molecular complexity index is 1300. The van der Waals surface area contributed by atoms with Gasteiger partial charge in [-0.1, -0.05) is 12.1 Å². The van der Waals surface area contributed by atoms with Crippen LogP contribution in [0.25, 0.3) is 11.0 Å². The molecule has 0 fully saturated rings. The largest absolute Gasteiger partial charge is 0.324 e. The van der Waals surface area contributed by atoms with E-state index in [0.29, 0.717) is 18.3 Å². The van der Waals surface area contributed by atoms with Crippen molar-refractivity contribution in [3.63, 3.8) is 0 Å². The molecule has 0 spiro atoms. The Kier molecular flexibility index (Phi) is 6.45. The summed E-state index contributed by atoms with van der Waals surface area (Å²) in [4.78, 5) is 16.3. The summed E-state index contributed by atoms with van der Waals surface area (Å²) in [7, 11) is 0. The van der Waals surface area contributed by atoms with E-state index in [9.17, 15) is 22.4 Å². The lowest BCUT2D eigenvalue weighted by atomic mass is 10.1. The van der Waals surface area contributed by atoms with E-state index in [-0.39, 0.29) is 23.3 Å². The van der Waals surface area contributed by atoms with Crippen LogP contribution in [0.2, 0.25) is 0 Å². The molecule has 0 aliphatic carbocycles. The Balaban J connectivity index is 1.52. The number of anilines is 1. The minimum atomic E-state index is -3.04. The van der Waals surface area contributed by atoms with Crippen LogP contribution in [0.3, 0.4) is 0 Å². The van der Waals surface area contributed by atoms with Crippen LogP contribution < -0.4 is 5.32 Å². The lowest BCUT2D eigenvalue weighted by Crippen LogP contribution is -2.20. The van der Waals surface area contributed by atoms with Gasteiger partial charge < -0.3 is 5.32 Å². The normalized spacial score (nSPS) is 11.6. The fourth-order valence-corrected chi connectivity index (χ4v) is 3.77. The van der Waals surface area contributed by atoms with Crippen LogP contribution in [0.5, 0.6) is 0 Å². The predicted octanol–water partition coefficient (Wildman–Crippen LogP) is 5.26. The van der Waals surface area contributed by atoms with Crippen molar-refractivity contribution in [1.29, 1.82) is 0 Å². The van der Waals surface area contributed by atoms with Gasteiger partial charge in [-0.2, -0.15) is 10.2 Å². The summed E-state index contributed by atoms with van der Waals surface area (Å²) < 4.78 is 56.9. The van der Waals surface area contributed by atoms with Crippen LogP contribution in [0.1, 0.15) is 35.4 Å². The van der Waals surface area contributed by atoms with E-state index in [1.54, 1.807) is 23.0 Å². The highest BCUT2D eigenvalue weighted by molar-refractivity contribution is 9.10. The number of pyridine rings is 1. The molecule has 1 aromatic carbocycles. The standard InChI is InChI=1S/C21H17BrF4N6O/c1-11-18-15(19(23)24)6-16(20(25)26)29-21(18)32(30-11)10-17(33)28-14-4-2-12(3-5-14)8-31-9-13(22)7-27-31/h2-7,9,19-20H,8,10H2,1H3,(H,28,33). The first-order chi connectivity index (χ1) is 15.7. The quantitative estimate of drug-likeness (QED) is 0.334. The molecule has 0 radical (unpaired) electrons. The van der Waals surface area contributed by atoms with Gasteiger partial charge in [-0.05, 0) is 46.6 Å². The number of aryl methyl sites for hydroxylation is 1. The summed E-state index contributed by atoms with van der Waals surface area (Å²) in [5.41, 5.74) is 0.0829. The molecule has 7 nitrogen and oxygen atoms in total. The maximum Gasteiger partial charge on any atom is 0.280 e. The summed E-state index contributed by atoms with van der Waals surface area (Å²) in [6, 6.07) is 7.74. The van der Waals surface area contributed by atoms with Gasteiger partial charge in [-0.25, -0.2) is 27.2 Å². The second kappa shape index (κ2) is 9.30. The van der Waals surface area contributed by atoms with Gasteiger partial charge in [0.1, 0.15) is 12.2 Å². The lowest BCUT2D eigenvalue weighted by Gasteiger charge is -2.09. The number of carbonyl (C=O) groups is 1. The summed E-state index contributed by atoms with van der Waals surface area (Å²) in [6.45, 7) is 1.63. The Labute approximate surface area is 193 Å². The fourth-order valence-electron chi connectivity index (χ4n) is 3.44. The third-order valence-corrected chi connectivity index (χ3v) is 5.27. The number of benzene rings is 1. The Morgan fingerprint density at radius 2 is 1.88 bits per heavy atom.